The predicted molar refractivity (Wildman–Crippen MR) is 144 cm³/mol. The Morgan fingerprint density at radius 2 is 1.91 bits per heavy atom. The first-order chi connectivity index (χ1) is 16.5. The minimum Gasteiger partial charge on any atom is -0.366 e. The summed E-state index contributed by atoms with van der Waals surface area (Å²) in [6.07, 6.45) is 2.80. The lowest BCUT2D eigenvalue weighted by atomic mass is 9.79. The molecule has 1 N–H and O–H groups in total. The Labute approximate surface area is 211 Å². The Balaban J connectivity index is 1.51. The molecular formula is C28H33N3O3S. The van der Waals surface area contributed by atoms with Crippen molar-refractivity contribution in [1.29, 1.82) is 0 Å². The van der Waals surface area contributed by atoms with Crippen LogP contribution in [0.2, 0.25) is 0 Å². The van der Waals surface area contributed by atoms with Crippen LogP contribution in [0.25, 0.3) is 6.08 Å². The summed E-state index contributed by atoms with van der Waals surface area (Å²) in [5, 5.41) is 2.38. The molecule has 2 aromatic rings. The topological polar surface area (TPSA) is 69.7 Å². The lowest BCUT2D eigenvalue weighted by Crippen LogP contribution is -2.48. The van der Waals surface area contributed by atoms with Gasteiger partial charge in [-0.3, -0.25) is 19.3 Å². The van der Waals surface area contributed by atoms with Crippen molar-refractivity contribution in [1.82, 2.24) is 4.90 Å². The standard InChI is InChI=1S/C28H33N3O3S/c1-7-31-23-11-9-20(13-21(23)19(4)15-28(31,5)6)14-24-26(33)30(27(34)35-24)16-25(32)29-22-10-8-17(2)12-18(22)3/h8-14,19H,7,15-16H2,1-6H3,(H,29,32)/b24-14-/t19-/m1/s1. The van der Waals surface area contributed by atoms with E-state index in [2.05, 4.69) is 50.0 Å². The van der Waals surface area contributed by atoms with E-state index in [9.17, 15) is 14.4 Å². The molecule has 1 fully saturated rings. The summed E-state index contributed by atoms with van der Waals surface area (Å²) in [6, 6.07) is 11.9. The fourth-order valence-corrected chi connectivity index (χ4v) is 6.11. The van der Waals surface area contributed by atoms with Gasteiger partial charge in [0, 0.05) is 23.5 Å². The number of benzene rings is 2. The van der Waals surface area contributed by atoms with Crippen LogP contribution in [-0.4, -0.2) is 40.6 Å². The van der Waals surface area contributed by atoms with Crippen LogP contribution in [0.1, 0.15) is 62.3 Å². The zero-order valence-corrected chi connectivity index (χ0v) is 22.1. The quantitative estimate of drug-likeness (QED) is 0.513. The van der Waals surface area contributed by atoms with Gasteiger partial charge in [-0.1, -0.05) is 30.7 Å². The first-order valence-corrected chi connectivity index (χ1v) is 12.9. The number of nitrogens with zero attached hydrogens (tertiary/aromatic N) is 2. The van der Waals surface area contributed by atoms with Gasteiger partial charge in [0.2, 0.25) is 5.91 Å². The summed E-state index contributed by atoms with van der Waals surface area (Å²) in [5.41, 5.74) is 6.16. The van der Waals surface area contributed by atoms with E-state index in [1.54, 1.807) is 6.08 Å². The van der Waals surface area contributed by atoms with Crippen molar-refractivity contribution < 1.29 is 14.4 Å². The summed E-state index contributed by atoms with van der Waals surface area (Å²) in [5.74, 6) is -0.441. The second kappa shape index (κ2) is 9.53. The van der Waals surface area contributed by atoms with Gasteiger partial charge < -0.3 is 10.2 Å². The molecule has 2 heterocycles. The minimum atomic E-state index is -0.433. The second-order valence-corrected chi connectivity index (χ2v) is 11.1. The maximum Gasteiger partial charge on any atom is 0.294 e. The highest BCUT2D eigenvalue weighted by molar-refractivity contribution is 8.18. The van der Waals surface area contributed by atoms with E-state index in [1.807, 2.05) is 38.1 Å². The van der Waals surface area contributed by atoms with Gasteiger partial charge in [-0.2, -0.15) is 0 Å². The molecule has 184 valence electrons. The van der Waals surface area contributed by atoms with Crippen LogP contribution >= 0.6 is 11.8 Å². The highest BCUT2D eigenvalue weighted by Gasteiger charge is 2.37. The van der Waals surface area contributed by atoms with E-state index in [-0.39, 0.29) is 12.1 Å². The molecule has 0 aromatic heterocycles. The molecule has 1 saturated heterocycles. The van der Waals surface area contributed by atoms with Crippen LogP contribution in [0.15, 0.2) is 41.3 Å². The number of thioether (sulfide) groups is 1. The van der Waals surface area contributed by atoms with E-state index in [0.29, 0.717) is 16.5 Å². The van der Waals surface area contributed by atoms with Crippen molar-refractivity contribution in [3.63, 3.8) is 0 Å². The molecular weight excluding hydrogens is 458 g/mol. The molecule has 2 aromatic carbocycles. The molecule has 0 aliphatic carbocycles. The molecule has 6 nitrogen and oxygen atoms in total. The monoisotopic (exact) mass is 491 g/mol. The van der Waals surface area contributed by atoms with Crippen molar-refractivity contribution in [3.8, 4) is 0 Å². The Morgan fingerprint density at radius 3 is 2.60 bits per heavy atom. The lowest BCUT2D eigenvalue weighted by molar-refractivity contribution is -0.127. The fraction of sp³-hybridized carbons (Fsp3) is 0.393. The predicted octanol–water partition coefficient (Wildman–Crippen LogP) is 6.09. The van der Waals surface area contributed by atoms with Crippen LogP contribution < -0.4 is 10.2 Å². The number of rotatable bonds is 5. The molecule has 0 unspecified atom stereocenters. The van der Waals surface area contributed by atoms with Gasteiger partial charge in [0.25, 0.3) is 11.1 Å². The summed E-state index contributed by atoms with van der Waals surface area (Å²) in [7, 11) is 0. The third-order valence-corrected chi connectivity index (χ3v) is 7.76. The molecule has 35 heavy (non-hydrogen) atoms. The number of imide groups is 1. The second-order valence-electron chi connectivity index (χ2n) is 10.1. The molecule has 3 amide bonds. The van der Waals surface area contributed by atoms with Crippen molar-refractivity contribution in [2.45, 2.75) is 59.4 Å². The number of nitrogens with one attached hydrogen (secondary N) is 1. The normalized spacial score (nSPS) is 20.4. The molecule has 0 saturated carbocycles. The summed E-state index contributed by atoms with van der Waals surface area (Å²) in [4.78, 5) is 41.9. The van der Waals surface area contributed by atoms with Gasteiger partial charge >= 0.3 is 0 Å². The first-order valence-electron chi connectivity index (χ1n) is 12.0. The maximum atomic E-state index is 13.0. The number of hydrogen-bond acceptors (Lipinski definition) is 5. The molecule has 1 atom stereocenters. The van der Waals surface area contributed by atoms with E-state index in [4.69, 9.17) is 0 Å². The number of fused-ring (bicyclic) bond motifs is 1. The van der Waals surface area contributed by atoms with Crippen molar-refractivity contribution in [3.05, 3.63) is 63.6 Å². The number of carbonyl (C=O) groups is 3. The third-order valence-electron chi connectivity index (χ3n) is 6.86. The summed E-state index contributed by atoms with van der Waals surface area (Å²) >= 11 is 0.881. The zero-order chi connectivity index (χ0) is 25.5. The smallest absolute Gasteiger partial charge is 0.294 e. The van der Waals surface area contributed by atoms with Crippen LogP contribution in [0, 0.1) is 13.8 Å². The third kappa shape index (κ3) is 5.01. The van der Waals surface area contributed by atoms with Crippen molar-refractivity contribution in [2.24, 2.45) is 0 Å². The van der Waals surface area contributed by atoms with Crippen LogP contribution in [-0.2, 0) is 9.59 Å². The Bertz CT molecular complexity index is 1230. The summed E-state index contributed by atoms with van der Waals surface area (Å²) in [6.45, 7) is 13.5. The first kappa shape index (κ1) is 25.0. The van der Waals surface area contributed by atoms with E-state index < -0.39 is 17.1 Å². The number of amides is 3. The van der Waals surface area contributed by atoms with Crippen molar-refractivity contribution >= 4 is 46.3 Å². The van der Waals surface area contributed by atoms with Crippen LogP contribution in [0.3, 0.4) is 0 Å². The minimum absolute atomic E-state index is 0.0863. The molecule has 0 bridgehead atoms. The van der Waals surface area contributed by atoms with Gasteiger partial charge in [0.1, 0.15) is 6.54 Å². The number of carbonyl (C=O) groups excluding carboxylic acids is 3. The van der Waals surface area contributed by atoms with Gasteiger partial charge in [-0.15, -0.1) is 0 Å². The molecule has 2 aliphatic heterocycles. The average molecular weight is 492 g/mol. The maximum absolute atomic E-state index is 13.0. The fourth-order valence-electron chi connectivity index (χ4n) is 5.27. The Morgan fingerprint density at radius 1 is 1.17 bits per heavy atom. The molecule has 2 aliphatic rings. The van der Waals surface area contributed by atoms with Crippen LogP contribution in [0.5, 0.6) is 0 Å². The molecule has 4 rings (SSSR count). The number of anilines is 2. The Kier molecular flexibility index (Phi) is 6.82. The van der Waals surface area contributed by atoms with Crippen molar-refractivity contribution in [2.75, 3.05) is 23.3 Å². The van der Waals surface area contributed by atoms with E-state index >= 15 is 0 Å². The average Bonchev–Trinajstić information content (AvgIpc) is 3.03. The van der Waals surface area contributed by atoms with E-state index in [0.717, 1.165) is 46.3 Å². The number of aryl methyl sites for hydroxylation is 2. The molecule has 0 radical (unpaired) electrons. The van der Waals surface area contributed by atoms with E-state index in [1.165, 1.54) is 11.3 Å². The highest BCUT2D eigenvalue weighted by Crippen LogP contribution is 2.44. The summed E-state index contributed by atoms with van der Waals surface area (Å²) < 4.78 is 0. The zero-order valence-electron chi connectivity index (χ0n) is 21.3. The van der Waals surface area contributed by atoms with Crippen LogP contribution in [0.4, 0.5) is 16.2 Å². The highest BCUT2D eigenvalue weighted by atomic mass is 32.2. The lowest BCUT2D eigenvalue weighted by Gasteiger charge is -2.47. The van der Waals surface area contributed by atoms with Gasteiger partial charge in [-0.05, 0) is 99.7 Å². The molecule has 0 spiro atoms. The van der Waals surface area contributed by atoms with Gasteiger partial charge in [0.15, 0.2) is 0 Å². The Hall–Kier alpha value is -3.06. The molecule has 7 heteroatoms. The largest absolute Gasteiger partial charge is 0.366 e. The number of hydrogen-bond donors (Lipinski definition) is 1. The van der Waals surface area contributed by atoms with Gasteiger partial charge in [-0.25, -0.2) is 0 Å². The van der Waals surface area contributed by atoms with Gasteiger partial charge in [0.05, 0.1) is 4.91 Å². The SMILES string of the molecule is CCN1c2ccc(/C=C3\SC(=O)N(CC(=O)Nc4ccc(C)cc4C)C3=O)cc2[C@H](C)CC1(C)C.